The van der Waals surface area contributed by atoms with Gasteiger partial charge >= 0.3 is 0 Å². The number of hydrogen-bond donors (Lipinski definition) is 0. The quantitative estimate of drug-likeness (QED) is 0.645. The number of likely N-dealkylation sites (N-methyl/N-ethyl adjacent to an activating group) is 1. The fraction of sp³-hybridized carbons (Fsp3) is 0.222. The molecule has 1 aliphatic heterocycles. The van der Waals surface area contributed by atoms with Gasteiger partial charge in [0.05, 0.1) is 16.7 Å². The van der Waals surface area contributed by atoms with Crippen LogP contribution < -0.4 is 4.90 Å². The average Bonchev–Trinajstić information content (AvgIpc) is 2.93. The Morgan fingerprint density at radius 1 is 0.909 bits per heavy atom. The first-order chi connectivity index (χ1) is 10.8. The van der Waals surface area contributed by atoms with Crippen LogP contribution in [0, 0.1) is 0 Å². The minimum absolute atomic E-state index is 0.946. The molecule has 2 aromatic carbocycles. The highest BCUT2D eigenvalue weighted by Crippen LogP contribution is 2.35. The third-order valence-corrected chi connectivity index (χ3v) is 4.27. The van der Waals surface area contributed by atoms with Gasteiger partial charge in [-0.15, -0.1) is 0 Å². The standard InChI is InChI=1S/C18H18N4/c1-19-18-21(2)11-12-22(18)17-13-7-3-5-9-15(13)20-16-10-6-4-8-14(16)17/h3-10H,11-12H2,1-2H3. The van der Waals surface area contributed by atoms with E-state index in [0.717, 1.165) is 30.1 Å². The van der Waals surface area contributed by atoms with Gasteiger partial charge in [-0.1, -0.05) is 36.4 Å². The van der Waals surface area contributed by atoms with E-state index in [0.29, 0.717) is 0 Å². The Morgan fingerprint density at radius 2 is 1.50 bits per heavy atom. The van der Waals surface area contributed by atoms with E-state index in [1.54, 1.807) is 0 Å². The van der Waals surface area contributed by atoms with Gasteiger partial charge in [0.1, 0.15) is 0 Å². The van der Waals surface area contributed by atoms with E-state index >= 15 is 0 Å². The Hall–Kier alpha value is -2.62. The second-order valence-corrected chi connectivity index (χ2v) is 5.59. The molecule has 0 aliphatic carbocycles. The zero-order chi connectivity index (χ0) is 15.1. The van der Waals surface area contributed by atoms with E-state index in [4.69, 9.17) is 4.98 Å². The first kappa shape index (κ1) is 13.1. The third kappa shape index (κ3) is 1.84. The SMILES string of the molecule is CN=C1N(C)CCN1c1c2ccccc2nc2ccccc12. The van der Waals surface area contributed by atoms with Crippen molar-refractivity contribution in [3.05, 3.63) is 48.5 Å². The van der Waals surface area contributed by atoms with Gasteiger partial charge in [0, 0.05) is 38.0 Å². The van der Waals surface area contributed by atoms with Gasteiger partial charge in [-0.3, -0.25) is 4.99 Å². The van der Waals surface area contributed by atoms with Gasteiger partial charge in [0.15, 0.2) is 0 Å². The lowest BCUT2D eigenvalue weighted by molar-refractivity contribution is 0.562. The maximum atomic E-state index is 4.80. The van der Waals surface area contributed by atoms with Crippen molar-refractivity contribution in [3.8, 4) is 0 Å². The first-order valence-corrected chi connectivity index (χ1v) is 7.52. The molecule has 4 rings (SSSR count). The van der Waals surface area contributed by atoms with Crippen molar-refractivity contribution >= 4 is 33.5 Å². The van der Waals surface area contributed by atoms with Crippen LogP contribution in [-0.4, -0.2) is 43.0 Å². The lowest BCUT2D eigenvalue weighted by Gasteiger charge is -2.23. The Balaban J connectivity index is 2.09. The minimum atomic E-state index is 0.946. The van der Waals surface area contributed by atoms with Gasteiger partial charge in [0.2, 0.25) is 5.96 Å². The number of pyridine rings is 1. The summed E-state index contributed by atoms with van der Waals surface area (Å²) in [5.41, 5.74) is 3.27. The van der Waals surface area contributed by atoms with Crippen LogP contribution in [0.15, 0.2) is 53.5 Å². The number of fused-ring (bicyclic) bond motifs is 2. The Bertz CT molecular complexity index is 831. The highest BCUT2D eigenvalue weighted by Gasteiger charge is 2.27. The number of anilines is 1. The molecular weight excluding hydrogens is 272 g/mol. The van der Waals surface area contributed by atoms with E-state index in [1.165, 1.54) is 16.5 Å². The molecule has 0 bridgehead atoms. The molecule has 0 saturated carbocycles. The monoisotopic (exact) mass is 290 g/mol. The van der Waals surface area contributed by atoms with E-state index in [9.17, 15) is 0 Å². The molecule has 0 radical (unpaired) electrons. The van der Waals surface area contributed by atoms with Gasteiger partial charge in [-0.25, -0.2) is 4.98 Å². The van der Waals surface area contributed by atoms with Crippen molar-refractivity contribution in [1.29, 1.82) is 0 Å². The van der Waals surface area contributed by atoms with Crippen LogP contribution in [0.1, 0.15) is 0 Å². The summed E-state index contributed by atoms with van der Waals surface area (Å²) >= 11 is 0. The van der Waals surface area contributed by atoms with Crippen molar-refractivity contribution in [2.24, 2.45) is 4.99 Å². The van der Waals surface area contributed by atoms with Crippen molar-refractivity contribution in [1.82, 2.24) is 9.88 Å². The van der Waals surface area contributed by atoms with Crippen molar-refractivity contribution in [3.63, 3.8) is 0 Å². The topological polar surface area (TPSA) is 31.7 Å². The van der Waals surface area contributed by atoms with E-state index in [-0.39, 0.29) is 0 Å². The van der Waals surface area contributed by atoms with E-state index in [2.05, 4.69) is 58.2 Å². The van der Waals surface area contributed by atoms with Crippen LogP contribution in [0.3, 0.4) is 0 Å². The van der Waals surface area contributed by atoms with Gasteiger partial charge < -0.3 is 9.80 Å². The second-order valence-electron chi connectivity index (χ2n) is 5.59. The van der Waals surface area contributed by atoms with Gasteiger partial charge in [-0.2, -0.15) is 0 Å². The Labute approximate surface area is 129 Å². The van der Waals surface area contributed by atoms with E-state index < -0.39 is 0 Å². The number of aromatic nitrogens is 1. The summed E-state index contributed by atoms with van der Waals surface area (Å²) in [4.78, 5) is 13.8. The molecule has 2 heterocycles. The Kier molecular flexibility index (Phi) is 2.96. The number of benzene rings is 2. The molecule has 0 amide bonds. The maximum absolute atomic E-state index is 4.80. The molecule has 1 saturated heterocycles. The molecule has 3 aromatic rings. The number of rotatable bonds is 1. The number of guanidine groups is 1. The third-order valence-electron chi connectivity index (χ3n) is 4.27. The normalized spacial score (nSPS) is 17.1. The predicted molar refractivity (Wildman–Crippen MR) is 92.6 cm³/mol. The molecule has 4 heteroatoms. The van der Waals surface area contributed by atoms with Crippen LogP contribution in [-0.2, 0) is 0 Å². The van der Waals surface area contributed by atoms with Crippen LogP contribution >= 0.6 is 0 Å². The maximum Gasteiger partial charge on any atom is 0.200 e. The predicted octanol–water partition coefficient (Wildman–Crippen LogP) is 3.13. The largest absolute Gasteiger partial charge is 0.344 e. The van der Waals surface area contributed by atoms with Crippen LogP contribution in [0.2, 0.25) is 0 Å². The van der Waals surface area contributed by atoms with E-state index in [1.807, 2.05) is 19.2 Å². The molecule has 1 aliphatic rings. The number of aliphatic imine (C=N–C) groups is 1. The summed E-state index contributed by atoms with van der Waals surface area (Å²) in [6, 6.07) is 16.7. The highest BCUT2D eigenvalue weighted by atomic mass is 15.4. The number of nitrogens with zero attached hydrogens (tertiary/aromatic N) is 4. The molecule has 1 fully saturated rings. The van der Waals surface area contributed by atoms with Crippen molar-refractivity contribution < 1.29 is 0 Å². The van der Waals surface area contributed by atoms with Crippen LogP contribution in [0.25, 0.3) is 21.8 Å². The molecule has 4 nitrogen and oxygen atoms in total. The summed E-state index contributed by atoms with van der Waals surface area (Å²) < 4.78 is 0. The number of hydrogen-bond acceptors (Lipinski definition) is 2. The van der Waals surface area contributed by atoms with Crippen LogP contribution in [0.5, 0.6) is 0 Å². The molecule has 22 heavy (non-hydrogen) atoms. The second kappa shape index (κ2) is 4.98. The zero-order valence-electron chi connectivity index (χ0n) is 12.8. The zero-order valence-corrected chi connectivity index (χ0v) is 12.8. The average molecular weight is 290 g/mol. The van der Waals surface area contributed by atoms with Crippen molar-refractivity contribution in [2.45, 2.75) is 0 Å². The van der Waals surface area contributed by atoms with Gasteiger partial charge in [-0.05, 0) is 12.1 Å². The lowest BCUT2D eigenvalue weighted by atomic mass is 10.1. The molecule has 110 valence electrons. The molecule has 0 spiro atoms. The molecule has 0 unspecified atom stereocenters. The summed E-state index contributed by atoms with van der Waals surface area (Å²) in [6.45, 7) is 1.93. The lowest BCUT2D eigenvalue weighted by Crippen LogP contribution is -2.31. The summed E-state index contributed by atoms with van der Waals surface area (Å²) in [6.07, 6.45) is 0. The summed E-state index contributed by atoms with van der Waals surface area (Å²) in [5.74, 6) is 1.02. The first-order valence-electron chi connectivity index (χ1n) is 7.52. The minimum Gasteiger partial charge on any atom is -0.344 e. The fourth-order valence-electron chi connectivity index (χ4n) is 3.27. The van der Waals surface area contributed by atoms with Crippen LogP contribution in [0.4, 0.5) is 5.69 Å². The number of para-hydroxylation sites is 2. The summed E-state index contributed by atoms with van der Waals surface area (Å²) in [7, 11) is 3.95. The smallest absolute Gasteiger partial charge is 0.200 e. The van der Waals surface area contributed by atoms with Gasteiger partial charge in [0.25, 0.3) is 0 Å². The molecule has 0 N–H and O–H groups in total. The molecular formula is C18H18N4. The molecule has 0 atom stereocenters. The fourth-order valence-corrected chi connectivity index (χ4v) is 3.27. The highest BCUT2D eigenvalue weighted by molar-refractivity contribution is 6.14. The summed E-state index contributed by atoms with van der Waals surface area (Å²) in [5, 5.41) is 2.36. The van der Waals surface area contributed by atoms with Crippen molar-refractivity contribution in [2.75, 3.05) is 32.1 Å². The molecule has 1 aromatic heterocycles. The Morgan fingerprint density at radius 3 is 2.09 bits per heavy atom.